The summed E-state index contributed by atoms with van der Waals surface area (Å²) in [5.41, 5.74) is -0.548. The zero-order valence-electron chi connectivity index (χ0n) is 10.1. The Kier molecular flexibility index (Phi) is 4.44. The van der Waals surface area contributed by atoms with Crippen LogP contribution in [0.2, 0.25) is 0 Å². The summed E-state index contributed by atoms with van der Waals surface area (Å²) in [6.45, 7) is 3.17. The molecule has 1 aliphatic rings. The molecule has 0 saturated carbocycles. The summed E-state index contributed by atoms with van der Waals surface area (Å²) in [5, 5.41) is 17.6. The van der Waals surface area contributed by atoms with Gasteiger partial charge < -0.3 is 20.3 Å². The minimum atomic E-state index is -0.548. The fourth-order valence-electron chi connectivity index (χ4n) is 1.91. The van der Waals surface area contributed by atoms with Gasteiger partial charge in [-0.2, -0.15) is 0 Å². The molecule has 0 radical (unpaired) electrons. The zero-order valence-corrected chi connectivity index (χ0v) is 11.0. The van der Waals surface area contributed by atoms with Crippen LogP contribution < -0.4 is 10.6 Å². The maximum absolute atomic E-state index is 10.1. The maximum atomic E-state index is 10.1. The van der Waals surface area contributed by atoms with E-state index in [1.165, 1.54) is 0 Å². The monoisotopic (exact) mass is 256 g/mol. The molecule has 0 amide bonds. The van der Waals surface area contributed by atoms with E-state index in [-0.39, 0.29) is 0 Å². The predicted molar refractivity (Wildman–Crippen MR) is 69.2 cm³/mol. The van der Waals surface area contributed by atoms with E-state index in [1.54, 1.807) is 11.8 Å². The van der Waals surface area contributed by atoms with Gasteiger partial charge in [0.05, 0.1) is 5.60 Å². The van der Waals surface area contributed by atoms with Gasteiger partial charge in [0.25, 0.3) is 0 Å². The Bertz CT molecular complexity index is 349. The number of nitrogens with zero attached hydrogens (tertiary/aromatic N) is 2. The Labute approximate surface area is 106 Å². The van der Waals surface area contributed by atoms with Gasteiger partial charge in [0.15, 0.2) is 5.16 Å². The highest BCUT2D eigenvalue weighted by Crippen LogP contribution is 2.14. The van der Waals surface area contributed by atoms with Gasteiger partial charge in [0.2, 0.25) is 0 Å². The molecule has 1 fully saturated rings. The highest BCUT2D eigenvalue weighted by Gasteiger charge is 2.30. The van der Waals surface area contributed by atoms with Crippen molar-refractivity contribution >= 4 is 11.8 Å². The first-order valence-corrected chi connectivity index (χ1v) is 6.92. The van der Waals surface area contributed by atoms with E-state index in [0.29, 0.717) is 13.1 Å². The molecule has 5 nitrogen and oxygen atoms in total. The summed E-state index contributed by atoms with van der Waals surface area (Å²) in [4.78, 5) is 4.24. The Hall–Kier alpha value is -0.560. The molecule has 0 bridgehead atoms. The van der Waals surface area contributed by atoms with Crippen LogP contribution in [0.4, 0.5) is 0 Å². The van der Waals surface area contributed by atoms with Crippen molar-refractivity contribution < 1.29 is 5.11 Å². The number of aromatic nitrogens is 2. The summed E-state index contributed by atoms with van der Waals surface area (Å²) in [6, 6.07) is 0. The van der Waals surface area contributed by atoms with Crippen LogP contribution in [0.25, 0.3) is 0 Å². The number of aliphatic hydroxyl groups is 1. The van der Waals surface area contributed by atoms with Gasteiger partial charge in [0.1, 0.15) is 0 Å². The first-order valence-electron chi connectivity index (χ1n) is 5.94. The number of hydrogen-bond donors (Lipinski definition) is 3. The van der Waals surface area contributed by atoms with Crippen molar-refractivity contribution in [3.05, 3.63) is 12.4 Å². The average Bonchev–Trinajstić information content (AvgIpc) is 2.89. The predicted octanol–water partition coefficient (Wildman–Crippen LogP) is -0.174. The van der Waals surface area contributed by atoms with Gasteiger partial charge in [-0.3, -0.25) is 0 Å². The molecule has 0 aliphatic carbocycles. The number of rotatable bonds is 6. The molecule has 0 aromatic carbocycles. The van der Waals surface area contributed by atoms with Crippen molar-refractivity contribution in [2.45, 2.75) is 17.2 Å². The minimum Gasteiger partial charge on any atom is -0.387 e. The molecule has 17 heavy (non-hydrogen) atoms. The van der Waals surface area contributed by atoms with Crippen LogP contribution in [0.3, 0.4) is 0 Å². The van der Waals surface area contributed by atoms with Crippen LogP contribution in [0.15, 0.2) is 17.6 Å². The van der Waals surface area contributed by atoms with E-state index in [4.69, 9.17) is 0 Å². The Morgan fingerprint density at radius 1 is 1.71 bits per heavy atom. The summed E-state index contributed by atoms with van der Waals surface area (Å²) < 4.78 is 2.01. The first-order chi connectivity index (χ1) is 8.20. The second-order valence-electron chi connectivity index (χ2n) is 4.50. The third kappa shape index (κ3) is 3.70. The van der Waals surface area contributed by atoms with Gasteiger partial charge in [0, 0.05) is 44.8 Å². The molecular weight excluding hydrogens is 236 g/mol. The summed E-state index contributed by atoms with van der Waals surface area (Å²) >= 11 is 1.73. The molecule has 2 heterocycles. The SMILES string of the molecule is Cn1ccnc1SCCNC[C@]1(O)CCNC1. The van der Waals surface area contributed by atoms with Crippen LogP contribution in [0.5, 0.6) is 0 Å². The van der Waals surface area contributed by atoms with Gasteiger partial charge in [-0.25, -0.2) is 4.98 Å². The Morgan fingerprint density at radius 3 is 3.24 bits per heavy atom. The second-order valence-corrected chi connectivity index (χ2v) is 5.56. The van der Waals surface area contributed by atoms with E-state index in [9.17, 15) is 5.11 Å². The quantitative estimate of drug-likeness (QED) is 0.487. The van der Waals surface area contributed by atoms with Crippen LogP contribution >= 0.6 is 11.8 Å². The lowest BCUT2D eigenvalue weighted by Crippen LogP contribution is -2.42. The van der Waals surface area contributed by atoms with Gasteiger partial charge in [-0.1, -0.05) is 11.8 Å². The largest absolute Gasteiger partial charge is 0.387 e. The molecule has 1 atom stereocenters. The standard InChI is InChI=1S/C11H20N4OS/c1-15-6-4-14-10(15)17-7-5-13-9-11(16)2-3-12-8-11/h4,6,12-13,16H,2-3,5,7-9H2,1H3/t11-/m0/s1. The number of aryl methyl sites for hydroxylation is 1. The van der Waals surface area contributed by atoms with Crippen molar-refractivity contribution in [2.24, 2.45) is 7.05 Å². The molecule has 96 valence electrons. The smallest absolute Gasteiger partial charge is 0.167 e. The van der Waals surface area contributed by atoms with Crippen LogP contribution in [-0.2, 0) is 7.05 Å². The summed E-state index contributed by atoms with van der Waals surface area (Å²) in [6.07, 6.45) is 4.60. The molecule has 1 saturated heterocycles. The summed E-state index contributed by atoms with van der Waals surface area (Å²) in [5.74, 6) is 0.967. The average molecular weight is 256 g/mol. The van der Waals surface area contributed by atoms with E-state index in [0.717, 1.165) is 30.4 Å². The molecule has 2 rings (SSSR count). The third-order valence-corrected chi connectivity index (χ3v) is 4.02. The van der Waals surface area contributed by atoms with E-state index < -0.39 is 5.60 Å². The lowest BCUT2D eigenvalue weighted by Gasteiger charge is -2.21. The fraction of sp³-hybridized carbons (Fsp3) is 0.727. The Morgan fingerprint density at radius 2 is 2.59 bits per heavy atom. The van der Waals surface area contributed by atoms with Crippen molar-refractivity contribution in [3.8, 4) is 0 Å². The number of nitrogens with one attached hydrogen (secondary N) is 2. The van der Waals surface area contributed by atoms with Crippen LogP contribution in [0, 0.1) is 0 Å². The van der Waals surface area contributed by atoms with E-state index in [2.05, 4.69) is 15.6 Å². The van der Waals surface area contributed by atoms with Crippen molar-refractivity contribution in [1.82, 2.24) is 20.2 Å². The lowest BCUT2D eigenvalue weighted by molar-refractivity contribution is 0.0619. The van der Waals surface area contributed by atoms with Crippen molar-refractivity contribution in [2.75, 3.05) is 31.9 Å². The fourth-order valence-corrected chi connectivity index (χ4v) is 2.74. The Balaban J connectivity index is 1.59. The molecule has 0 spiro atoms. The van der Waals surface area contributed by atoms with Crippen molar-refractivity contribution in [3.63, 3.8) is 0 Å². The van der Waals surface area contributed by atoms with Crippen LogP contribution in [-0.4, -0.2) is 52.2 Å². The topological polar surface area (TPSA) is 62.1 Å². The highest BCUT2D eigenvalue weighted by molar-refractivity contribution is 7.99. The maximum Gasteiger partial charge on any atom is 0.167 e. The van der Waals surface area contributed by atoms with Crippen LogP contribution in [0.1, 0.15) is 6.42 Å². The molecule has 0 unspecified atom stereocenters. The second kappa shape index (κ2) is 5.86. The number of β-amino-alcohol motifs (C(OH)–C–C–N with tert-alkyl or cyclic N) is 1. The first kappa shape index (κ1) is 12.9. The van der Waals surface area contributed by atoms with Gasteiger partial charge in [-0.15, -0.1) is 0 Å². The normalized spacial score (nSPS) is 24.4. The summed E-state index contributed by atoms with van der Waals surface area (Å²) in [7, 11) is 2.00. The number of imidazole rings is 1. The third-order valence-electron chi connectivity index (χ3n) is 2.96. The molecular formula is C11H20N4OS. The molecule has 1 aromatic rings. The molecule has 1 aromatic heterocycles. The molecule has 3 N–H and O–H groups in total. The van der Waals surface area contributed by atoms with Gasteiger partial charge >= 0.3 is 0 Å². The highest BCUT2D eigenvalue weighted by atomic mass is 32.2. The number of thioether (sulfide) groups is 1. The van der Waals surface area contributed by atoms with E-state index >= 15 is 0 Å². The van der Waals surface area contributed by atoms with E-state index in [1.807, 2.05) is 24.0 Å². The molecule has 6 heteroatoms. The lowest BCUT2D eigenvalue weighted by atomic mass is 10.0. The van der Waals surface area contributed by atoms with Gasteiger partial charge in [-0.05, 0) is 13.0 Å². The van der Waals surface area contributed by atoms with Crippen molar-refractivity contribution in [1.29, 1.82) is 0 Å². The zero-order chi connectivity index (χ0) is 12.1. The number of hydrogen-bond acceptors (Lipinski definition) is 5. The molecule has 1 aliphatic heterocycles. The minimum absolute atomic E-state index is 0.548.